The van der Waals surface area contributed by atoms with E-state index in [2.05, 4.69) is 23.8 Å². The largest absolute Gasteiger partial charge is 0.394 e. The van der Waals surface area contributed by atoms with Gasteiger partial charge in [0.15, 0.2) is 5.65 Å². The molecule has 0 bridgehead atoms. The fraction of sp³-hybridized carbons (Fsp3) is 0.500. The van der Waals surface area contributed by atoms with E-state index in [0.29, 0.717) is 5.92 Å². The summed E-state index contributed by atoms with van der Waals surface area (Å²) in [6.45, 7) is 4.11. The van der Waals surface area contributed by atoms with Gasteiger partial charge in [0, 0.05) is 19.2 Å². The summed E-state index contributed by atoms with van der Waals surface area (Å²) >= 11 is 0. The molecule has 2 aromatic rings. The first-order valence-corrected chi connectivity index (χ1v) is 5.73. The van der Waals surface area contributed by atoms with Gasteiger partial charge in [-0.1, -0.05) is 13.8 Å². The molecule has 0 fully saturated rings. The Hall–Kier alpha value is -1.46. The fourth-order valence-corrected chi connectivity index (χ4v) is 1.93. The van der Waals surface area contributed by atoms with Crippen LogP contribution in [0.1, 0.15) is 37.2 Å². The molecule has 0 aliphatic carbocycles. The second kappa shape index (κ2) is 4.43. The standard InChI is InChI=1S/C12H18N4O/c1-7(2)11-15-10-4-8(9(13)6-17)5-14-12(10)16(11)3/h4-5,7,9,17H,6,13H2,1-3H3. The number of hydrogen-bond donors (Lipinski definition) is 2. The Morgan fingerprint density at radius 3 is 2.76 bits per heavy atom. The van der Waals surface area contributed by atoms with Gasteiger partial charge in [-0.05, 0) is 11.6 Å². The van der Waals surface area contributed by atoms with E-state index in [1.807, 2.05) is 17.7 Å². The van der Waals surface area contributed by atoms with E-state index < -0.39 is 6.04 Å². The van der Waals surface area contributed by atoms with Crippen LogP contribution in [0.4, 0.5) is 0 Å². The molecule has 2 aromatic heterocycles. The molecule has 2 heterocycles. The molecule has 0 radical (unpaired) electrons. The highest BCUT2D eigenvalue weighted by Gasteiger charge is 2.13. The van der Waals surface area contributed by atoms with E-state index in [0.717, 1.165) is 22.6 Å². The highest BCUT2D eigenvalue weighted by atomic mass is 16.3. The van der Waals surface area contributed by atoms with E-state index in [1.165, 1.54) is 0 Å². The maximum absolute atomic E-state index is 9.03. The molecule has 1 unspecified atom stereocenters. The minimum Gasteiger partial charge on any atom is -0.394 e. The third kappa shape index (κ3) is 2.03. The molecule has 2 rings (SSSR count). The number of aryl methyl sites for hydroxylation is 1. The Balaban J connectivity index is 2.55. The molecule has 3 N–H and O–H groups in total. The molecule has 5 nitrogen and oxygen atoms in total. The average molecular weight is 234 g/mol. The van der Waals surface area contributed by atoms with Crippen LogP contribution in [0.2, 0.25) is 0 Å². The number of aromatic nitrogens is 3. The summed E-state index contributed by atoms with van der Waals surface area (Å²) < 4.78 is 1.99. The fourth-order valence-electron chi connectivity index (χ4n) is 1.93. The van der Waals surface area contributed by atoms with Crippen LogP contribution in [0.25, 0.3) is 11.2 Å². The van der Waals surface area contributed by atoms with Crippen LogP contribution in [0.3, 0.4) is 0 Å². The minimum absolute atomic E-state index is 0.0863. The molecular formula is C12H18N4O. The van der Waals surface area contributed by atoms with Crippen molar-refractivity contribution in [2.75, 3.05) is 6.61 Å². The van der Waals surface area contributed by atoms with Gasteiger partial charge in [0.25, 0.3) is 0 Å². The number of rotatable bonds is 3. The van der Waals surface area contributed by atoms with E-state index in [4.69, 9.17) is 10.8 Å². The molecule has 0 saturated heterocycles. The minimum atomic E-state index is -0.392. The zero-order chi connectivity index (χ0) is 12.6. The Kier molecular flexibility index (Phi) is 3.13. The third-order valence-corrected chi connectivity index (χ3v) is 2.91. The van der Waals surface area contributed by atoms with Gasteiger partial charge in [-0.3, -0.25) is 0 Å². The van der Waals surface area contributed by atoms with Crippen molar-refractivity contribution < 1.29 is 5.11 Å². The molecule has 0 aliphatic rings. The van der Waals surface area contributed by atoms with Crippen molar-refractivity contribution in [3.05, 3.63) is 23.7 Å². The molecule has 17 heavy (non-hydrogen) atoms. The van der Waals surface area contributed by atoms with Gasteiger partial charge >= 0.3 is 0 Å². The molecule has 0 aromatic carbocycles. The van der Waals surface area contributed by atoms with Crippen molar-refractivity contribution in [1.29, 1.82) is 0 Å². The Morgan fingerprint density at radius 2 is 2.18 bits per heavy atom. The molecule has 0 amide bonds. The van der Waals surface area contributed by atoms with Gasteiger partial charge in [0.2, 0.25) is 0 Å². The van der Waals surface area contributed by atoms with E-state index in [-0.39, 0.29) is 6.61 Å². The molecule has 92 valence electrons. The summed E-state index contributed by atoms with van der Waals surface area (Å²) in [6.07, 6.45) is 1.70. The van der Waals surface area contributed by atoms with E-state index >= 15 is 0 Å². The zero-order valence-electron chi connectivity index (χ0n) is 10.4. The number of imidazole rings is 1. The molecule has 0 saturated carbocycles. The van der Waals surface area contributed by atoms with Gasteiger partial charge in [0.1, 0.15) is 11.3 Å². The normalized spacial score (nSPS) is 13.5. The van der Waals surface area contributed by atoms with Gasteiger partial charge < -0.3 is 15.4 Å². The Morgan fingerprint density at radius 1 is 1.47 bits per heavy atom. The first kappa shape index (κ1) is 12.0. The van der Waals surface area contributed by atoms with Crippen LogP contribution in [0.15, 0.2) is 12.3 Å². The smallest absolute Gasteiger partial charge is 0.159 e. The van der Waals surface area contributed by atoms with Crippen molar-refractivity contribution in [3.8, 4) is 0 Å². The van der Waals surface area contributed by atoms with E-state index in [1.54, 1.807) is 6.20 Å². The Bertz CT molecular complexity index is 533. The predicted molar refractivity (Wildman–Crippen MR) is 66.6 cm³/mol. The number of fused-ring (bicyclic) bond motifs is 1. The SMILES string of the molecule is CC(C)c1nc2cc(C(N)CO)cnc2n1C. The van der Waals surface area contributed by atoms with Crippen LogP contribution < -0.4 is 5.73 Å². The zero-order valence-corrected chi connectivity index (χ0v) is 10.4. The van der Waals surface area contributed by atoms with Crippen LogP contribution >= 0.6 is 0 Å². The number of aliphatic hydroxyl groups excluding tert-OH is 1. The van der Waals surface area contributed by atoms with Crippen LogP contribution in [-0.2, 0) is 7.05 Å². The van der Waals surface area contributed by atoms with Crippen molar-refractivity contribution >= 4 is 11.2 Å². The average Bonchev–Trinajstić information content (AvgIpc) is 2.65. The number of hydrogen-bond acceptors (Lipinski definition) is 4. The molecule has 5 heteroatoms. The topological polar surface area (TPSA) is 77.0 Å². The van der Waals surface area contributed by atoms with Crippen molar-refractivity contribution in [3.63, 3.8) is 0 Å². The first-order chi connectivity index (χ1) is 8.04. The lowest BCUT2D eigenvalue weighted by Crippen LogP contribution is -2.14. The summed E-state index contributed by atoms with van der Waals surface area (Å²) in [5, 5.41) is 9.03. The van der Waals surface area contributed by atoms with Gasteiger partial charge in [0.05, 0.1) is 12.6 Å². The Labute approximate surface area is 100 Å². The molecule has 0 spiro atoms. The van der Waals surface area contributed by atoms with Crippen molar-refractivity contribution in [2.24, 2.45) is 12.8 Å². The van der Waals surface area contributed by atoms with Crippen molar-refractivity contribution in [1.82, 2.24) is 14.5 Å². The number of aliphatic hydroxyl groups is 1. The molecule has 0 aliphatic heterocycles. The maximum Gasteiger partial charge on any atom is 0.159 e. The lowest BCUT2D eigenvalue weighted by molar-refractivity contribution is 0.268. The summed E-state index contributed by atoms with van der Waals surface area (Å²) in [7, 11) is 1.96. The third-order valence-electron chi connectivity index (χ3n) is 2.91. The second-order valence-electron chi connectivity index (χ2n) is 4.58. The molecular weight excluding hydrogens is 216 g/mol. The summed E-state index contributed by atoms with van der Waals surface area (Å²) in [4.78, 5) is 8.91. The van der Waals surface area contributed by atoms with Crippen LogP contribution in [-0.4, -0.2) is 26.2 Å². The van der Waals surface area contributed by atoms with Crippen LogP contribution in [0.5, 0.6) is 0 Å². The number of nitrogens with two attached hydrogens (primary N) is 1. The van der Waals surface area contributed by atoms with Gasteiger partial charge in [-0.2, -0.15) is 0 Å². The first-order valence-electron chi connectivity index (χ1n) is 5.73. The van der Waals surface area contributed by atoms with Crippen molar-refractivity contribution in [2.45, 2.75) is 25.8 Å². The molecule has 1 atom stereocenters. The summed E-state index contributed by atoms with van der Waals surface area (Å²) in [5.41, 5.74) is 8.26. The lowest BCUT2D eigenvalue weighted by Gasteiger charge is -2.07. The number of pyridine rings is 1. The summed E-state index contributed by atoms with van der Waals surface area (Å²) in [5.74, 6) is 1.35. The second-order valence-corrected chi connectivity index (χ2v) is 4.58. The van der Waals surface area contributed by atoms with E-state index in [9.17, 15) is 0 Å². The van der Waals surface area contributed by atoms with Crippen LogP contribution in [0, 0.1) is 0 Å². The monoisotopic (exact) mass is 234 g/mol. The maximum atomic E-state index is 9.03. The quantitative estimate of drug-likeness (QED) is 0.833. The predicted octanol–water partition coefficient (Wildman–Crippen LogP) is 1.08. The van der Waals surface area contributed by atoms with Gasteiger partial charge in [-0.25, -0.2) is 9.97 Å². The lowest BCUT2D eigenvalue weighted by atomic mass is 10.1. The van der Waals surface area contributed by atoms with Gasteiger partial charge in [-0.15, -0.1) is 0 Å². The summed E-state index contributed by atoms with van der Waals surface area (Å²) in [6, 6.07) is 1.51. The highest BCUT2D eigenvalue weighted by molar-refractivity contribution is 5.72. The number of nitrogens with zero attached hydrogens (tertiary/aromatic N) is 3. The highest BCUT2D eigenvalue weighted by Crippen LogP contribution is 2.21.